The van der Waals surface area contributed by atoms with Crippen LogP contribution in [0.25, 0.3) is 0 Å². The van der Waals surface area contributed by atoms with Crippen LogP contribution in [0.5, 0.6) is 0 Å². The summed E-state index contributed by atoms with van der Waals surface area (Å²) in [5.41, 5.74) is 0.410. The van der Waals surface area contributed by atoms with Crippen LogP contribution in [-0.4, -0.2) is 65.7 Å². The number of alkyl carbamates (subject to hydrolysis) is 1. The quantitative estimate of drug-likeness (QED) is 0.138. The Kier molecular flexibility index (Phi) is 16.2. The predicted octanol–water partition coefficient (Wildman–Crippen LogP) is 5.76. The summed E-state index contributed by atoms with van der Waals surface area (Å²) in [5, 5.41) is 10.8. The lowest BCUT2D eigenvalue weighted by Crippen LogP contribution is -2.54. The van der Waals surface area contributed by atoms with Gasteiger partial charge in [0.1, 0.15) is 22.3 Å². The number of methoxy groups -OCH3 is 1. The molecule has 272 valence electrons. The lowest BCUT2D eigenvalue weighted by atomic mass is 9.94. The molecule has 0 bridgehead atoms. The number of ether oxygens (including phenoxy) is 3. The predicted molar refractivity (Wildman–Crippen MR) is 188 cm³/mol. The molecule has 0 aliphatic carbocycles. The van der Waals surface area contributed by atoms with Crippen molar-refractivity contribution < 1.29 is 38.2 Å². The Morgan fingerprint density at radius 2 is 1.59 bits per heavy atom. The lowest BCUT2D eigenvalue weighted by Gasteiger charge is -2.30. The van der Waals surface area contributed by atoms with E-state index >= 15 is 0 Å². The van der Waals surface area contributed by atoms with E-state index in [1.165, 1.54) is 25.4 Å². The second-order valence-corrected chi connectivity index (χ2v) is 14.7. The van der Waals surface area contributed by atoms with Gasteiger partial charge in [-0.1, -0.05) is 71.4 Å². The number of hydrogen-bond acceptors (Lipinski definition) is 10. The summed E-state index contributed by atoms with van der Waals surface area (Å²) in [6.07, 6.45) is 0.134. The van der Waals surface area contributed by atoms with Gasteiger partial charge >= 0.3 is 18.0 Å². The van der Waals surface area contributed by atoms with Gasteiger partial charge in [0.15, 0.2) is 6.10 Å². The average Bonchev–Trinajstić information content (AvgIpc) is 3.52. The first-order valence-electron chi connectivity index (χ1n) is 16.8. The van der Waals surface area contributed by atoms with Crippen LogP contribution in [0.4, 0.5) is 4.79 Å². The first-order valence-corrected chi connectivity index (χ1v) is 17.7. The fourth-order valence-corrected chi connectivity index (χ4v) is 5.99. The van der Waals surface area contributed by atoms with Gasteiger partial charge in [0.2, 0.25) is 5.91 Å². The molecule has 2 rings (SSSR count). The van der Waals surface area contributed by atoms with Crippen LogP contribution >= 0.6 is 11.3 Å². The smallest absolute Gasteiger partial charge is 0.408 e. The molecule has 1 heterocycles. The third-order valence-corrected chi connectivity index (χ3v) is 8.94. The van der Waals surface area contributed by atoms with Gasteiger partial charge in [-0.3, -0.25) is 19.2 Å². The van der Waals surface area contributed by atoms with E-state index in [0.29, 0.717) is 24.3 Å². The maximum Gasteiger partial charge on any atom is 0.408 e. The minimum absolute atomic E-state index is 0.0839. The first kappa shape index (κ1) is 41.2. The molecule has 3 amide bonds. The number of rotatable bonds is 17. The van der Waals surface area contributed by atoms with Crippen molar-refractivity contribution in [3.63, 3.8) is 0 Å². The van der Waals surface area contributed by atoms with Crippen LogP contribution in [0.1, 0.15) is 109 Å². The minimum Gasteiger partial charge on any atom is -0.469 e. The SMILES string of the molecule is CCC(C)C(NC(=O)OC(C)(C)C)C(=O)NC(CC(OC(C)=O)c1nc(C(=O)NC(Cc2ccccc2)CC(C)C(=O)OC)cs1)C(C)C. The molecule has 49 heavy (non-hydrogen) atoms. The zero-order chi connectivity index (χ0) is 36.9. The summed E-state index contributed by atoms with van der Waals surface area (Å²) < 4.78 is 16.0. The summed E-state index contributed by atoms with van der Waals surface area (Å²) in [6.45, 7) is 15.9. The van der Waals surface area contributed by atoms with Crippen molar-refractivity contribution in [2.75, 3.05) is 7.11 Å². The fourth-order valence-electron chi connectivity index (χ4n) is 5.15. The highest BCUT2D eigenvalue weighted by molar-refractivity contribution is 7.09. The molecular weight excluding hydrogens is 648 g/mol. The Hall–Kier alpha value is -4.00. The zero-order valence-electron chi connectivity index (χ0n) is 30.5. The highest BCUT2D eigenvalue weighted by atomic mass is 32.1. The van der Waals surface area contributed by atoms with Gasteiger partial charge in [0, 0.05) is 30.8 Å². The molecule has 3 N–H and O–H groups in total. The number of esters is 2. The average molecular weight is 703 g/mol. The summed E-state index contributed by atoms with van der Waals surface area (Å²) in [4.78, 5) is 68.5. The van der Waals surface area contributed by atoms with Gasteiger partial charge in [0.05, 0.1) is 13.0 Å². The zero-order valence-corrected chi connectivity index (χ0v) is 31.3. The van der Waals surface area contributed by atoms with Gasteiger partial charge in [-0.25, -0.2) is 9.78 Å². The van der Waals surface area contributed by atoms with E-state index in [1.54, 1.807) is 33.1 Å². The van der Waals surface area contributed by atoms with E-state index < -0.39 is 47.7 Å². The molecule has 0 aliphatic heterocycles. The normalized spacial score (nSPS) is 15.2. The van der Waals surface area contributed by atoms with Crippen LogP contribution in [0.15, 0.2) is 35.7 Å². The third kappa shape index (κ3) is 14.2. The molecule has 0 radical (unpaired) electrons. The van der Waals surface area contributed by atoms with E-state index in [0.717, 1.165) is 5.56 Å². The van der Waals surface area contributed by atoms with Crippen molar-refractivity contribution in [2.45, 2.75) is 118 Å². The van der Waals surface area contributed by atoms with Crippen molar-refractivity contribution >= 4 is 41.2 Å². The van der Waals surface area contributed by atoms with Crippen molar-refractivity contribution in [3.8, 4) is 0 Å². The summed E-state index contributed by atoms with van der Waals surface area (Å²) in [5.74, 6) is -2.43. The Bertz CT molecular complexity index is 1390. The topological polar surface area (TPSA) is 162 Å². The Morgan fingerprint density at radius 1 is 0.939 bits per heavy atom. The lowest BCUT2D eigenvalue weighted by molar-refractivity contribution is -0.147. The standard InChI is InChI=1S/C36H54N4O8S/c1-11-22(4)30(40-35(45)48-36(7,8)9)32(43)38-27(21(2)3)19-29(47-24(6)41)33-39-28(20-49-33)31(42)37-26(17-23(5)34(44)46-10)18-25-15-13-12-14-16-25/h12-16,20-23,26-27,29-30H,11,17-19H2,1-10H3,(H,37,42)(H,38,43)(H,40,45). The first-order chi connectivity index (χ1) is 22.9. The van der Waals surface area contributed by atoms with Gasteiger partial charge in [0.25, 0.3) is 5.91 Å². The third-order valence-electron chi connectivity index (χ3n) is 8.01. The van der Waals surface area contributed by atoms with E-state index in [4.69, 9.17) is 14.2 Å². The Balaban J connectivity index is 2.26. The molecule has 6 atom stereocenters. The van der Waals surface area contributed by atoms with E-state index in [2.05, 4.69) is 20.9 Å². The monoisotopic (exact) mass is 702 g/mol. The molecule has 13 heteroatoms. The van der Waals surface area contributed by atoms with Gasteiger partial charge in [-0.2, -0.15) is 0 Å². The van der Waals surface area contributed by atoms with Crippen LogP contribution in [0.2, 0.25) is 0 Å². The Morgan fingerprint density at radius 3 is 2.14 bits per heavy atom. The Labute approximate surface area is 294 Å². The largest absolute Gasteiger partial charge is 0.469 e. The second-order valence-electron chi connectivity index (χ2n) is 13.8. The molecule has 0 fully saturated rings. The summed E-state index contributed by atoms with van der Waals surface area (Å²) in [7, 11) is 1.33. The second kappa shape index (κ2) is 19.3. The molecule has 0 spiro atoms. The molecule has 1 aromatic heterocycles. The van der Waals surface area contributed by atoms with Gasteiger partial charge in [-0.15, -0.1) is 11.3 Å². The van der Waals surface area contributed by atoms with Crippen molar-refractivity contribution in [2.24, 2.45) is 17.8 Å². The molecule has 1 aromatic carbocycles. The number of carbonyl (C=O) groups is 5. The molecule has 0 saturated heterocycles. The summed E-state index contributed by atoms with van der Waals surface area (Å²) in [6, 6.07) is 7.93. The van der Waals surface area contributed by atoms with Crippen molar-refractivity contribution in [3.05, 3.63) is 52.0 Å². The van der Waals surface area contributed by atoms with Crippen LogP contribution < -0.4 is 16.0 Å². The number of nitrogens with zero attached hydrogens (tertiary/aromatic N) is 1. The van der Waals surface area contributed by atoms with Gasteiger partial charge < -0.3 is 30.2 Å². The number of aromatic nitrogens is 1. The minimum atomic E-state index is -0.853. The molecule has 6 unspecified atom stereocenters. The van der Waals surface area contributed by atoms with Crippen LogP contribution in [0.3, 0.4) is 0 Å². The molecular formula is C36H54N4O8S. The molecule has 0 saturated carbocycles. The van der Waals surface area contributed by atoms with E-state index in [1.807, 2.05) is 58.0 Å². The number of nitrogens with one attached hydrogen (secondary N) is 3. The van der Waals surface area contributed by atoms with E-state index in [-0.39, 0.29) is 41.9 Å². The maximum atomic E-state index is 13.6. The number of carbonyl (C=O) groups excluding carboxylic acids is 5. The molecule has 2 aromatic rings. The fraction of sp³-hybridized carbons (Fsp3) is 0.611. The van der Waals surface area contributed by atoms with Crippen LogP contribution in [-0.2, 0) is 35.0 Å². The van der Waals surface area contributed by atoms with Crippen molar-refractivity contribution in [1.29, 1.82) is 0 Å². The van der Waals surface area contributed by atoms with Gasteiger partial charge in [-0.05, 0) is 51.0 Å². The van der Waals surface area contributed by atoms with Crippen LogP contribution in [0, 0.1) is 17.8 Å². The maximum absolute atomic E-state index is 13.6. The highest BCUT2D eigenvalue weighted by Gasteiger charge is 2.33. The van der Waals surface area contributed by atoms with Crippen molar-refractivity contribution in [1.82, 2.24) is 20.9 Å². The number of thiazole rings is 1. The number of amides is 3. The van der Waals surface area contributed by atoms with E-state index in [9.17, 15) is 24.0 Å². The summed E-state index contributed by atoms with van der Waals surface area (Å²) >= 11 is 1.17. The molecule has 12 nitrogen and oxygen atoms in total. The number of hydrogen-bond donors (Lipinski definition) is 3. The molecule has 0 aliphatic rings. The highest BCUT2D eigenvalue weighted by Crippen LogP contribution is 2.29. The number of benzene rings is 1.